The Bertz CT molecular complexity index is 342. The van der Waals surface area contributed by atoms with Crippen LogP contribution in [0.5, 0.6) is 0 Å². The van der Waals surface area contributed by atoms with Crippen LogP contribution in [0.15, 0.2) is 0 Å². The molecule has 2 saturated heterocycles. The van der Waals surface area contributed by atoms with Crippen LogP contribution in [0.4, 0.5) is 4.79 Å². The standard InChI is InChI=1S/C11H18N2O4/c1-11(17)3-5-13(7-11)10(16)12-4-2-8(6-12)9(14)15/h8,17H,2-7H2,1H3,(H,14,15). The summed E-state index contributed by atoms with van der Waals surface area (Å²) >= 11 is 0. The molecular weight excluding hydrogens is 224 g/mol. The minimum absolute atomic E-state index is 0.147. The number of carbonyl (C=O) groups is 2. The number of aliphatic hydroxyl groups is 1. The Kier molecular flexibility index (Phi) is 2.99. The summed E-state index contributed by atoms with van der Waals surface area (Å²) in [6, 6.07) is -0.147. The zero-order valence-electron chi connectivity index (χ0n) is 9.93. The van der Waals surface area contributed by atoms with Crippen molar-refractivity contribution in [3.8, 4) is 0 Å². The van der Waals surface area contributed by atoms with Crippen molar-refractivity contribution < 1.29 is 19.8 Å². The van der Waals surface area contributed by atoms with Gasteiger partial charge in [-0.2, -0.15) is 0 Å². The minimum atomic E-state index is -0.839. The van der Waals surface area contributed by atoms with Gasteiger partial charge in [0.05, 0.1) is 18.1 Å². The lowest BCUT2D eigenvalue weighted by atomic mass is 10.1. The van der Waals surface area contributed by atoms with Gasteiger partial charge in [0.1, 0.15) is 0 Å². The predicted octanol–water partition coefficient (Wildman–Crippen LogP) is -0.0304. The van der Waals surface area contributed by atoms with E-state index in [1.165, 1.54) is 0 Å². The molecule has 0 bridgehead atoms. The SMILES string of the molecule is CC1(O)CCN(C(=O)N2CCC(C(=O)O)C2)C1. The summed E-state index contributed by atoms with van der Waals surface area (Å²) in [4.78, 5) is 26.0. The third-order valence-corrected chi connectivity index (χ3v) is 3.53. The molecule has 0 aromatic heterocycles. The largest absolute Gasteiger partial charge is 0.481 e. The minimum Gasteiger partial charge on any atom is -0.481 e. The second-order valence-electron chi connectivity index (χ2n) is 5.22. The summed E-state index contributed by atoms with van der Waals surface area (Å²) in [5.41, 5.74) is -0.804. The highest BCUT2D eigenvalue weighted by Crippen LogP contribution is 2.24. The number of hydrogen-bond acceptors (Lipinski definition) is 3. The Hall–Kier alpha value is -1.30. The lowest BCUT2D eigenvalue weighted by molar-refractivity contribution is -0.141. The topological polar surface area (TPSA) is 81.1 Å². The summed E-state index contributed by atoms with van der Waals surface area (Å²) in [6.45, 7) is 3.37. The summed E-state index contributed by atoms with van der Waals surface area (Å²) in [5, 5.41) is 18.7. The molecule has 17 heavy (non-hydrogen) atoms. The third-order valence-electron chi connectivity index (χ3n) is 3.53. The van der Waals surface area contributed by atoms with E-state index in [-0.39, 0.29) is 12.6 Å². The fourth-order valence-corrected chi connectivity index (χ4v) is 2.44. The monoisotopic (exact) mass is 242 g/mol. The molecule has 96 valence electrons. The van der Waals surface area contributed by atoms with Crippen LogP contribution in [0.3, 0.4) is 0 Å². The van der Waals surface area contributed by atoms with Crippen LogP contribution in [-0.4, -0.2) is 63.8 Å². The molecule has 2 aliphatic heterocycles. The van der Waals surface area contributed by atoms with E-state index in [0.29, 0.717) is 32.5 Å². The Morgan fingerprint density at radius 3 is 2.47 bits per heavy atom. The Balaban J connectivity index is 1.92. The highest BCUT2D eigenvalue weighted by molar-refractivity contribution is 5.77. The molecule has 2 amide bonds. The smallest absolute Gasteiger partial charge is 0.320 e. The van der Waals surface area contributed by atoms with E-state index in [1.807, 2.05) is 0 Å². The van der Waals surface area contributed by atoms with Gasteiger partial charge in [0.15, 0.2) is 0 Å². The highest BCUT2D eigenvalue weighted by atomic mass is 16.4. The van der Waals surface area contributed by atoms with Gasteiger partial charge in [0.2, 0.25) is 0 Å². The second kappa shape index (κ2) is 4.18. The number of β-amino-alcohol motifs (C(OH)–C–C–N with tert-alkyl or cyclic N) is 1. The predicted molar refractivity (Wildman–Crippen MR) is 59.5 cm³/mol. The second-order valence-corrected chi connectivity index (χ2v) is 5.22. The van der Waals surface area contributed by atoms with Crippen molar-refractivity contribution in [2.75, 3.05) is 26.2 Å². The van der Waals surface area contributed by atoms with Gasteiger partial charge in [-0.1, -0.05) is 0 Å². The molecule has 2 fully saturated rings. The van der Waals surface area contributed by atoms with Crippen molar-refractivity contribution in [3.05, 3.63) is 0 Å². The average Bonchev–Trinajstić information content (AvgIpc) is 2.83. The third kappa shape index (κ3) is 2.52. The maximum Gasteiger partial charge on any atom is 0.320 e. The summed E-state index contributed by atoms with van der Waals surface area (Å²) in [7, 11) is 0. The Morgan fingerprint density at radius 2 is 2.00 bits per heavy atom. The first-order chi connectivity index (χ1) is 7.89. The number of likely N-dealkylation sites (tertiary alicyclic amines) is 2. The van der Waals surface area contributed by atoms with Crippen LogP contribution in [0.1, 0.15) is 19.8 Å². The Labute approximate surface area is 99.8 Å². The van der Waals surface area contributed by atoms with Crippen molar-refractivity contribution >= 4 is 12.0 Å². The maximum absolute atomic E-state index is 12.1. The Morgan fingerprint density at radius 1 is 1.29 bits per heavy atom. The van der Waals surface area contributed by atoms with Crippen molar-refractivity contribution in [2.24, 2.45) is 5.92 Å². The van der Waals surface area contributed by atoms with Crippen LogP contribution in [0.25, 0.3) is 0 Å². The lowest BCUT2D eigenvalue weighted by Gasteiger charge is -2.25. The van der Waals surface area contributed by atoms with Gasteiger partial charge in [-0.05, 0) is 19.8 Å². The van der Waals surface area contributed by atoms with Gasteiger partial charge in [-0.3, -0.25) is 4.79 Å². The molecule has 2 rings (SSSR count). The molecular formula is C11H18N2O4. The van der Waals surface area contributed by atoms with Crippen LogP contribution in [-0.2, 0) is 4.79 Å². The van der Waals surface area contributed by atoms with Crippen molar-refractivity contribution in [3.63, 3.8) is 0 Å². The van der Waals surface area contributed by atoms with Gasteiger partial charge < -0.3 is 20.0 Å². The fourth-order valence-electron chi connectivity index (χ4n) is 2.44. The summed E-state index contributed by atoms with van der Waals surface area (Å²) in [5.74, 6) is -1.28. The number of carboxylic acids is 1. The summed E-state index contributed by atoms with van der Waals surface area (Å²) in [6.07, 6.45) is 1.10. The lowest BCUT2D eigenvalue weighted by Crippen LogP contribution is -2.42. The number of urea groups is 1. The number of nitrogens with zero attached hydrogens (tertiary/aromatic N) is 2. The van der Waals surface area contributed by atoms with Gasteiger partial charge >= 0.3 is 12.0 Å². The molecule has 0 radical (unpaired) electrons. The molecule has 6 heteroatoms. The van der Waals surface area contributed by atoms with E-state index >= 15 is 0 Å². The van der Waals surface area contributed by atoms with E-state index < -0.39 is 17.5 Å². The number of amides is 2. The van der Waals surface area contributed by atoms with Gasteiger partial charge in [0.25, 0.3) is 0 Å². The van der Waals surface area contributed by atoms with Crippen LogP contribution in [0, 0.1) is 5.92 Å². The van der Waals surface area contributed by atoms with Crippen molar-refractivity contribution in [1.29, 1.82) is 0 Å². The van der Waals surface area contributed by atoms with Crippen molar-refractivity contribution in [1.82, 2.24) is 9.80 Å². The molecule has 2 aliphatic rings. The molecule has 2 unspecified atom stereocenters. The molecule has 2 atom stereocenters. The molecule has 2 heterocycles. The normalized spacial score (nSPS) is 33.2. The summed E-state index contributed by atoms with van der Waals surface area (Å²) < 4.78 is 0. The molecule has 0 saturated carbocycles. The van der Waals surface area contributed by atoms with Crippen molar-refractivity contribution in [2.45, 2.75) is 25.4 Å². The van der Waals surface area contributed by atoms with Gasteiger partial charge in [-0.25, -0.2) is 4.79 Å². The van der Waals surface area contributed by atoms with E-state index in [0.717, 1.165) is 0 Å². The molecule has 0 spiro atoms. The first-order valence-electron chi connectivity index (χ1n) is 5.88. The molecule has 0 aromatic carbocycles. The van der Waals surface area contributed by atoms with Gasteiger partial charge in [0, 0.05) is 19.6 Å². The molecule has 6 nitrogen and oxygen atoms in total. The van der Waals surface area contributed by atoms with E-state index in [9.17, 15) is 14.7 Å². The number of rotatable bonds is 1. The number of aliphatic carboxylic acids is 1. The van der Waals surface area contributed by atoms with Crippen LogP contribution in [0.2, 0.25) is 0 Å². The zero-order valence-corrected chi connectivity index (χ0v) is 9.93. The molecule has 0 aromatic rings. The number of carbonyl (C=O) groups excluding carboxylic acids is 1. The average molecular weight is 242 g/mol. The van der Waals surface area contributed by atoms with Crippen LogP contribution >= 0.6 is 0 Å². The van der Waals surface area contributed by atoms with Gasteiger partial charge in [-0.15, -0.1) is 0 Å². The van der Waals surface area contributed by atoms with E-state index in [1.54, 1.807) is 16.7 Å². The van der Waals surface area contributed by atoms with Crippen LogP contribution < -0.4 is 0 Å². The maximum atomic E-state index is 12.1. The quantitative estimate of drug-likeness (QED) is 0.676. The first-order valence-corrected chi connectivity index (χ1v) is 5.88. The van der Waals surface area contributed by atoms with E-state index in [4.69, 9.17) is 5.11 Å². The first kappa shape index (κ1) is 12.2. The highest BCUT2D eigenvalue weighted by Gasteiger charge is 2.38. The zero-order chi connectivity index (χ0) is 12.6. The van der Waals surface area contributed by atoms with E-state index in [2.05, 4.69) is 0 Å². The molecule has 2 N–H and O–H groups in total. The number of carboxylic acid groups (broad SMARTS) is 1. The fraction of sp³-hybridized carbons (Fsp3) is 0.818. The number of hydrogen-bond donors (Lipinski definition) is 2. The molecule has 0 aliphatic carbocycles.